The van der Waals surface area contributed by atoms with E-state index in [9.17, 15) is 4.39 Å². The molecule has 1 aromatic carbocycles. The average molecular weight is 372 g/mol. The second-order valence-corrected chi connectivity index (χ2v) is 6.52. The number of hydrogen-bond donors (Lipinski definition) is 1. The highest BCUT2D eigenvalue weighted by Gasteiger charge is 2.19. The molecule has 0 bridgehead atoms. The maximum Gasteiger partial charge on any atom is 0.137 e. The molecule has 2 nitrogen and oxygen atoms in total. The fourth-order valence-corrected chi connectivity index (χ4v) is 3.60. The zero-order valence-electron chi connectivity index (χ0n) is 12.2. The van der Waals surface area contributed by atoms with Crippen LogP contribution in [-0.4, -0.2) is 13.7 Å². The first-order valence-electron chi connectivity index (χ1n) is 6.95. The van der Waals surface area contributed by atoms with E-state index < -0.39 is 0 Å². The summed E-state index contributed by atoms with van der Waals surface area (Å²) in [5, 5.41) is 5.55. The molecule has 0 saturated carbocycles. The molecule has 1 aromatic heterocycles. The van der Waals surface area contributed by atoms with Crippen LogP contribution in [0.25, 0.3) is 0 Å². The van der Waals surface area contributed by atoms with E-state index in [4.69, 9.17) is 4.74 Å². The Bertz CT molecular complexity index is 587. The van der Waals surface area contributed by atoms with Gasteiger partial charge < -0.3 is 10.1 Å². The van der Waals surface area contributed by atoms with E-state index in [1.165, 1.54) is 6.07 Å². The van der Waals surface area contributed by atoms with E-state index in [1.54, 1.807) is 24.5 Å². The number of thiophene rings is 1. The summed E-state index contributed by atoms with van der Waals surface area (Å²) in [7, 11) is 1.68. The second-order valence-electron chi connectivity index (χ2n) is 4.78. The van der Waals surface area contributed by atoms with Gasteiger partial charge in [-0.25, -0.2) is 4.39 Å². The third-order valence-electron chi connectivity index (χ3n) is 3.29. The van der Waals surface area contributed by atoms with Gasteiger partial charge in [-0.15, -0.1) is 11.3 Å². The Morgan fingerprint density at radius 1 is 1.38 bits per heavy atom. The van der Waals surface area contributed by atoms with Gasteiger partial charge in [-0.2, -0.15) is 0 Å². The zero-order valence-corrected chi connectivity index (χ0v) is 14.6. The second kappa shape index (κ2) is 7.92. The summed E-state index contributed by atoms with van der Waals surface area (Å²) in [4.78, 5) is 1.15. The summed E-state index contributed by atoms with van der Waals surface area (Å²) < 4.78 is 19.6. The number of halogens is 2. The van der Waals surface area contributed by atoms with E-state index in [1.807, 2.05) is 17.5 Å². The van der Waals surface area contributed by atoms with Crippen molar-refractivity contribution in [2.45, 2.75) is 25.8 Å². The molecule has 1 unspecified atom stereocenters. The van der Waals surface area contributed by atoms with Crippen molar-refractivity contribution >= 4 is 27.3 Å². The van der Waals surface area contributed by atoms with Crippen LogP contribution in [0.1, 0.15) is 29.8 Å². The van der Waals surface area contributed by atoms with Crippen molar-refractivity contribution in [2.24, 2.45) is 0 Å². The summed E-state index contributed by atoms with van der Waals surface area (Å²) in [5.74, 6) is 0.668. The van der Waals surface area contributed by atoms with Gasteiger partial charge in [-0.1, -0.05) is 19.1 Å². The van der Waals surface area contributed by atoms with E-state index >= 15 is 0 Å². The van der Waals surface area contributed by atoms with Crippen LogP contribution < -0.4 is 10.1 Å². The first-order chi connectivity index (χ1) is 10.2. The van der Waals surface area contributed by atoms with Crippen molar-refractivity contribution in [1.29, 1.82) is 0 Å². The SMILES string of the molecule is CCCNC(Cc1cccc(F)c1Br)c1sccc1OC. The van der Waals surface area contributed by atoms with Crippen LogP contribution in [0.3, 0.4) is 0 Å². The highest BCUT2D eigenvalue weighted by molar-refractivity contribution is 9.10. The lowest BCUT2D eigenvalue weighted by Gasteiger charge is -2.19. The van der Waals surface area contributed by atoms with Crippen molar-refractivity contribution in [1.82, 2.24) is 5.32 Å². The van der Waals surface area contributed by atoms with Crippen LogP contribution in [0, 0.1) is 5.82 Å². The predicted octanol–water partition coefficient (Wildman–Crippen LogP) is 4.94. The van der Waals surface area contributed by atoms with Gasteiger partial charge in [0.25, 0.3) is 0 Å². The molecule has 0 saturated heterocycles. The van der Waals surface area contributed by atoms with Gasteiger partial charge in [0.15, 0.2) is 0 Å². The van der Waals surface area contributed by atoms with Gasteiger partial charge >= 0.3 is 0 Å². The highest BCUT2D eigenvalue weighted by Crippen LogP contribution is 2.34. The molecule has 5 heteroatoms. The first kappa shape index (κ1) is 16.5. The first-order valence-corrected chi connectivity index (χ1v) is 8.62. The van der Waals surface area contributed by atoms with Crippen molar-refractivity contribution in [3.8, 4) is 5.75 Å². The zero-order chi connectivity index (χ0) is 15.2. The van der Waals surface area contributed by atoms with Gasteiger partial charge in [0.2, 0.25) is 0 Å². The predicted molar refractivity (Wildman–Crippen MR) is 89.7 cm³/mol. The van der Waals surface area contributed by atoms with Crippen LogP contribution in [0.5, 0.6) is 5.75 Å². The standard InChI is InChI=1S/C16H19BrFNOS/c1-3-8-19-13(16-14(20-2)7-9-21-16)10-11-5-4-6-12(18)15(11)17/h4-7,9,13,19H,3,8,10H2,1-2H3. The molecule has 0 aliphatic rings. The fourth-order valence-electron chi connectivity index (χ4n) is 2.23. The third kappa shape index (κ3) is 4.05. The maximum atomic E-state index is 13.7. The van der Waals surface area contributed by atoms with Gasteiger partial charge in [-0.3, -0.25) is 0 Å². The molecule has 1 atom stereocenters. The normalized spacial score (nSPS) is 12.4. The molecule has 2 aromatic rings. The van der Waals surface area contributed by atoms with Crippen LogP contribution >= 0.6 is 27.3 Å². The number of hydrogen-bond acceptors (Lipinski definition) is 3. The van der Waals surface area contributed by atoms with Gasteiger partial charge in [0.05, 0.1) is 16.5 Å². The molecule has 1 heterocycles. The Labute approximate surface area is 137 Å². The summed E-state index contributed by atoms with van der Waals surface area (Å²) in [5.41, 5.74) is 0.957. The molecule has 0 radical (unpaired) electrons. The molecule has 0 spiro atoms. The molecule has 0 aliphatic carbocycles. The molecule has 114 valence electrons. The van der Waals surface area contributed by atoms with Crippen LogP contribution in [0.2, 0.25) is 0 Å². The van der Waals surface area contributed by atoms with Crippen LogP contribution in [-0.2, 0) is 6.42 Å². The molecule has 1 N–H and O–H groups in total. The van der Waals surface area contributed by atoms with Crippen molar-refractivity contribution in [3.05, 3.63) is 50.4 Å². The van der Waals surface area contributed by atoms with E-state index in [2.05, 4.69) is 28.2 Å². The quantitative estimate of drug-likeness (QED) is 0.743. The average Bonchev–Trinajstić information content (AvgIpc) is 2.96. The van der Waals surface area contributed by atoms with Gasteiger partial charge in [0.1, 0.15) is 11.6 Å². The molecule has 2 rings (SSSR count). The monoisotopic (exact) mass is 371 g/mol. The third-order valence-corrected chi connectivity index (χ3v) is 5.19. The summed E-state index contributed by atoms with van der Waals surface area (Å²) in [6.45, 7) is 3.05. The number of rotatable bonds is 7. The fraction of sp³-hybridized carbons (Fsp3) is 0.375. The lowest BCUT2D eigenvalue weighted by molar-refractivity contribution is 0.402. The van der Waals surface area contributed by atoms with Gasteiger partial charge in [-0.05, 0) is 58.4 Å². The highest BCUT2D eigenvalue weighted by atomic mass is 79.9. The number of benzene rings is 1. The maximum absolute atomic E-state index is 13.7. The molecule has 0 amide bonds. The lowest BCUT2D eigenvalue weighted by atomic mass is 10.0. The molecule has 0 fully saturated rings. The minimum absolute atomic E-state index is 0.123. The van der Waals surface area contributed by atoms with E-state index in [-0.39, 0.29) is 11.9 Å². The molecule has 21 heavy (non-hydrogen) atoms. The topological polar surface area (TPSA) is 21.3 Å². The Morgan fingerprint density at radius 3 is 2.90 bits per heavy atom. The van der Waals surface area contributed by atoms with Gasteiger partial charge in [0, 0.05) is 6.04 Å². The summed E-state index contributed by atoms with van der Waals surface area (Å²) >= 11 is 5.01. The smallest absolute Gasteiger partial charge is 0.137 e. The largest absolute Gasteiger partial charge is 0.496 e. The van der Waals surface area contributed by atoms with Crippen molar-refractivity contribution < 1.29 is 9.13 Å². The van der Waals surface area contributed by atoms with Crippen molar-refractivity contribution in [3.63, 3.8) is 0 Å². The Hall–Kier alpha value is -0.910. The number of nitrogens with one attached hydrogen (secondary N) is 1. The van der Waals surface area contributed by atoms with Crippen LogP contribution in [0.15, 0.2) is 34.1 Å². The number of ether oxygens (including phenoxy) is 1. The Balaban J connectivity index is 2.26. The Morgan fingerprint density at radius 2 is 2.19 bits per heavy atom. The van der Waals surface area contributed by atoms with Crippen molar-refractivity contribution in [2.75, 3.05) is 13.7 Å². The molecular weight excluding hydrogens is 353 g/mol. The van der Waals surface area contributed by atoms with E-state index in [0.717, 1.165) is 35.6 Å². The minimum Gasteiger partial charge on any atom is -0.496 e. The number of methoxy groups -OCH3 is 1. The minimum atomic E-state index is -0.222. The van der Waals surface area contributed by atoms with E-state index in [0.29, 0.717) is 4.47 Å². The molecular formula is C16H19BrFNOS. The summed E-state index contributed by atoms with van der Waals surface area (Å²) in [6.07, 6.45) is 1.77. The lowest BCUT2D eigenvalue weighted by Crippen LogP contribution is -2.24. The Kier molecular flexibility index (Phi) is 6.21. The summed E-state index contributed by atoms with van der Waals surface area (Å²) in [6, 6.07) is 7.26. The van der Waals surface area contributed by atoms with Crippen LogP contribution in [0.4, 0.5) is 4.39 Å². The molecule has 0 aliphatic heterocycles.